The Balaban J connectivity index is 2.56. The summed E-state index contributed by atoms with van der Waals surface area (Å²) >= 11 is 0. The standard InChI is InChI=1S/C9H17N3/c1-3-8(4-2)7-12-9(10)5-6-11-12/h5-6,8H,3-4,7,10H2,1-2H3. The second-order valence-corrected chi connectivity index (χ2v) is 3.12. The van der Waals surface area contributed by atoms with Gasteiger partial charge in [-0.3, -0.25) is 0 Å². The van der Waals surface area contributed by atoms with Crippen molar-refractivity contribution >= 4 is 5.82 Å². The maximum Gasteiger partial charge on any atom is 0.121 e. The zero-order chi connectivity index (χ0) is 8.97. The molecule has 0 saturated carbocycles. The van der Waals surface area contributed by atoms with Crippen LogP contribution in [0.1, 0.15) is 26.7 Å². The van der Waals surface area contributed by atoms with E-state index in [2.05, 4.69) is 18.9 Å². The van der Waals surface area contributed by atoms with Crippen molar-refractivity contribution in [2.24, 2.45) is 5.92 Å². The van der Waals surface area contributed by atoms with Crippen LogP contribution in [0, 0.1) is 5.92 Å². The minimum absolute atomic E-state index is 0.701. The number of aromatic nitrogens is 2. The molecule has 1 aromatic rings. The normalized spacial score (nSPS) is 10.9. The van der Waals surface area contributed by atoms with Gasteiger partial charge in [0.05, 0.1) is 6.20 Å². The third-order valence-electron chi connectivity index (χ3n) is 2.34. The SMILES string of the molecule is CCC(CC)Cn1nccc1N. The van der Waals surface area contributed by atoms with Crippen molar-refractivity contribution in [3.63, 3.8) is 0 Å². The molecule has 1 rings (SSSR count). The van der Waals surface area contributed by atoms with E-state index in [9.17, 15) is 0 Å². The average Bonchev–Trinajstić information content (AvgIpc) is 2.47. The summed E-state index contributed by atoms with van der Waals surface area (Å²) in [6, 6.07) is 1.84. The van der Waals surface area contributed by atoms with E-state index in [1.165, 1.54) is 12.8 Å². The monoisotopic (exact) mass is 167 g/mol. The van der Waals surface area contributed by atoms with E-state index in [-0.39, 0.29) is 0 Å². The minimum atomic E-state index is 0.701. The van der Waals surface area contributed by atoms with Gasteiger partial charge < -0.3 is 5.73 Å². The van der Waals surface area contributed by atoms with E-state index in [1.807, 2.05) is 10.7 Å². The van der Waals surface area contributed by atoms with Gasteiger partial charge in [-0.2, -0.15) is 5.10 Å². The van der Waals surface area contributed by atoms with Gasteiger partial charge in [-0.25, -0.2) is 4.68 Å². The Bertz CT molecular complexity index is 225. The van der Waals surface area contributed by atoms with E-state index < -0.39 is 0 Å². The summed E-state index contributed by atoms with van der Waals surface area (Å²) in [6.45, 7) is 5.35. The summed E-state index contributed by atoms with van der Waals surface area (Å²) in [5.41, 5.74) is 5.70. The second kappa shape index (κ2) is 4.14. The molecule has 3 heteroatoms. The molecule has 0 aliphatic carbocycles. The van der Waals surface area contributed by atoms with Gasteiger partial charge in [-0.15, -0.1) is 0 Å². The zero-order valence-corrected chi connectivity index (χ0v) is 7.83. The Hall–Kier alpha value is -0.990. The summed E-state index contributed by atoms with van der Waals surface area (Å²) in [6.07, 6.45) is 4.13. The van der Waals surface area contributed by atoms with Crippen molar-refractivity contribution in [3.05, 3.63) is 12.3 Å². The van der Waals surface area contributed by atoms with Crippen LogP contribution in [-0.4, -0.2) is 9.78 Å². The van der Waals surface area contributed by atoms with Crippen LogP contribution in [0.5, 0.6) is 0 Å². The molecule has 0 fully saturated rings. The first-order valence-electron chi connectivity index (χ1n) is 4.55. The molecule has 0 bridgehead atoms. The number of anilines is 1. The largest absolute Gasteiger partial charge is 0.384 e. The van der Waals surface area contributed by atoms with Crippen LogP contribution < -0.4 is 5.73 Å². The number of nitrogen functional groups attached to an aromatic ring is 1. The zero-order valence-electron chi connectivity index (χ0n) is 7.83. The number of hydrogen-bond donors (Lipinski definition) is 1. The fraction of sp³-hybridized carbons (Fsp3) is 0.667. The molecule has 1 aromatic heterocycles. The first-order chi connectivity index (χ1) is 5.77. The molecule has 0 aromatic carbocycles. The highest BCUT2D eigenvalue weighted by Gasteiger charge is 2.06. The molecule has 12 heavy (non-hydrogen) atoms. The lowest BCUT2D eigenvalue weighted by molar-refractivity contribution is 0.399. The second-order valence-electron chi connectivity index (χ2n) is 3.12. The van der Waals surface area contributed by atoms with Crippen LogP contribution in [0.25, 0.3) is 0 Å². The molecule has 3 nitrogen and oxygen atoms in total. The molecule has 0 aliphatic rings. The van der Waals surface area contributed by atoms with Crippen molar-refractivity contribution in [1.82, 2.24) is 9.78 Å². The lowest BCUT2D eigenvalue weighted by atomic mass is 10.0. The van der Waals surface area contributed by atoms with E-state index in [1.54, 1.807) is 6.20 Å². The summed E-state index contributed by atoms with van der Waals surface area (Å²) in [7, 11) is 0. The Morgan fingerprint density at radius 3 is 2.58 bits per heavy atom. The molecule has 0 radical (unpaired) electrons. The van der Waals surface area contributed by atoms with Crippen LogP contribution in [0.15, 0.2) is 12.3 Å². The van der Waals surface area contributed by atoms with Gasteiger partial charge in [0.1, 0.15) is 5.82 Å². The van der Waals surface area contributed by atoms with Gasteiger partial charge in [-0.05, 0) is 12.0 Å². The molecule has 0 spiro atoms. The summed E-state index contributed by atoms with van der Waals surface area (Å²) < 4.78 is 1.87. The van der Waals surface area contributed by atoms with E-state index in [0.717, 1.165) is 12.4 Å². The molecule has 1 heterocycles. The topological polar surface area (TPSA) is 43.8 Å². The third-order valence-corrected chi connectivity index (χ3v) is 2.34. The van der Waals surface area contributed by atoms with Crippen LogP contribution in [0.3, 0.4) is 0 Å². The highest BCUT2D eigenvalue weighted by Crippen LogP contribution is 2.12. The van der Waals surface area contributed by atoms with Gasteiger partial charge in [0.25, 0.3) is 0 Å². The highest BCUT2D eigenvalue weighted by atomic mass is 15.3. The smallest absolute Gasteiger partial charge is 0.121 e. The molecular formula is C9H17N3. The van der Waals surface area contributed by atoms with E-state index >= 15 is 0 Å². The van der Waals surface area contributed by atoms with Crippen molar-refractivity contribution in [2.45, 2.75) is 33.2 Å². The number of nitrogens with two attached hydrogens (primary N) is 1. The van der Waals surface area contributed by atoms with Crippen LogP contribution in [0.2, 0.25) is 0 Å². The van der Waals surface area contributed by atoms with Crippen LogP contribution in [-0.2, 0) is 6.54 Å². The number of hydrogen-bond acceptors (Lipinski definition) is 2. The Kier molecular flexibility index (Phi) is 3.14. The summed E-state index contributed by atoms with van der Waals surface area (Å²) in [5, 5.41) is 4.14. The quantitative estimate of drug-likeness (QED) is 0.744. The van der Waals surface area contributed by atoms with Gasteiger partial charge in [-0.1, -0.05) is 26.7 Å². The summed E-state index contributed by atoms with van der Waals surface area (Å²) in [4.78, 5) is 0. The van der Waals surface area contributed by atoms with E-state index in [4.69, 9.17) is 5.73 Å². The lowest BCUT2D eigenvalue weighted by Gasteiger charge is -2.12. The molecule has 0 aliphatic heterocycles. The van der Waals surface area contributed by atoms with Gasteiger partial charge in [0, 0.05) is 6.54 Å². The maximum absolute atomic E-state index is 5.70. The van der Waals surface area contributed by atoms with Crippen molar-refractivity contribution < 1.29 is 0 Å². The first kappa shape index (κ1) is 9.10. The lowest BCUT2D eigenvalue weighted by Crippen LogP contribution is -2.12. The van der Waals surface area contributed by atoms with Gasteiger partial charge >= 0.3 is 0 Å². The van der Waals surface area contributed by atoms with Gasteiger partial charge in [0.2, 0.25) is 0 Å². The number of rotatable bonds is 4. The Morgan fingerprint density at radius 1 is 1.50 bits per heavy atom. The molecule has 0 amide bonds. The predicted molar refractivity (Wildman–Crippen MR) is 50.7 cm³/mol. The van der Waals surface area contributed by atoms with Crippen LogP contribution >= 0.6 is 0 Å². The molecule has 2 N–H and O–H groups in total. The third kappa shape index (κ3) is 2.00. The molecular weight excluding hydrogens is 150 g/mol. The fourth-order valence-corrected chi connectivity index (χ4v) is 1.29. The minimum Gasteiger partial charge on any atom is -0.384 e. The Morgan fingerprint density at radius 2 is 2.17 bits per heavy atom. The highest BCUT2D eigenvalue weighted by molar-refractivity contribution is 5.25. The Labute approximate surface area is 73.6 Å². The summed E-state index contributed by atoms with van der Waals surface area (Å²) in [5.74, 6) is 1.47. The number of nitrogens with zero attached hydrogens (tertiary/aromatic N) is 2. The van der Waals surface area contributed by atoms with Crippen molar-refractivity contribution in [1.29, 1.82) is 0 Å². The predicted octanol–water partition coefficient (Wildman–Crippen LogP) is 1.90. The van der Waals surface area contributed by atoms with Crippen LogP contribution in [0.4, 0.5) is 5.82 Å². The fourth-order valence-electron chi connectivity index (χ4n) is 1.29. The van der Waals surface area contributed by atoms with Crippen molar-refractivity contribution in [2.75, 3.05) is 5.73 Å². The average molecular weight is 167 g/mol. The molecule has 68 valence electrons. The first-order valence-corrected chi connectivity index (χ1v) is 4.55. The molecule has 0 atom stereocenters. The van der Waals surface area contributed by atoms with Crippen molar-refractivity contribution in [3.8, 4) is 0 Å². The maximum atomic E-state index is 5.70. The van der Waals surface area contributed by atoms with E-state index in [0.29, 0.717) is 5.92 Å². The van der Waals surface area contributed by atoms with Gasteiger partial charge in [0.15, 0.2) is 0 Å². The molecule has 0 unspecified atom stereocenters. The molecule has 0 saturated heterocycles.